The number of carbonyl (C=O) groups is 1. The Balaban J connectivity index is 2.63. The molecule has 106 valence electrons. The average molecular weight is 266 g/mol. The van der Waals surface area contributed by atoms with Crippen LogP contribution in [0.15, 0.2) is 24.3 Å². The van der Waals surface area contributed by atoms with Gasteiger partial charge in [0.15, 0.2) is 0 Å². The topological polar surface area (TPSA) is 61.8 Å². The molecule has 2 N–H and O–H groups in total. The molecule has 0 radical (unpaired) electrons. The van der Waals surface area contributed by atoms with E-state index < -0.39 is 5.60 Å². The number of hydrogen-bond acceptors (Lipinski definition) is 3. The van der Waals surface area contributed by atoms with Gasteiger partial charge in [0.2, 0.25) is 0 Å². The summed E-state index contributed by atoms with van der Waals surface area (Å²) < 4.78 is 5.36. The summed E-state index contributed by atoms with van der Waals surface area (Å²) in [7, 11) is 1.64. The van der Waals surface area contributed by atoms with Gasteiger partial charge in [-0.05, 0) is 32.9 Å². The van der Waals surface area contributed by atoms with Gasteiger partial charge < -0.3 is 20.1 Å². The molecule has 0 aliphatic rings. The number of carbonyl (C=O) groups excluding carboxylic acids is 1. The molecule has 0 fully saturated rings. The third kappa shape index (κ3) is 5.61. The second-order valence-corrected chi connectivity index (χ2v) is 5.06. The minimum atomic E-state index is -0.917. The van der Waals surface area contributed by atoms with Crippen LogP contribution in [0.25, 0.3) is 0 Å². The predicted octanol–water partition coefficient (Wildman–Crippen LogP) is 2.32. The monoisotopic (exact) mass is 266 g/mol. The van der Waals surface area contributed by atoms with Crippen LogP contribution in [-0.4, -0.2) is 41.8 Å². The van der Waals surface area contributed by atoms with E-state index in [-0.39, 0.29) is 12.6 Å². The number of ether oxygens (including phenoxy) is 1. The molecule has 0 atom stereocenters. The minimum Gasteiger partial charge on any atom is -0.494 e. The normalized spacial score (nSPS) is 11.0. The van der Waals surface area contributed by atoms with Gasteiger partial charge in [-0.25, -0.2) is 4.79 Å². The highest BCUT2D eigenvalue weighted by atomic mass is 16.5. The van der Waals surface area contributed by atoms with Crippen LogP contribution in [0.2, 0.25) is 0 Å². The highest BCUT2D eigenvalue weighted by Gasteiger charge is 2.19. The van der Waals surface area contributed by atoms with Crippen LogP contribution < -0.4 is 10.1 Å². The molecule has 1 rings (SSSR count). The first kappa shape index (κ1) is 15.3. The fourth-order valence-electron chi connectivity index (χ4n) is 1.70. The third-order valence-electron chi connectivity index (χ3n) is 2.37. The molecule has 1 aromatic rings. The van der Waals surface area contributed by atoms with Crippen LogP contribution in [0.3, 0.4) is 0 Å². The summed E-state index contributed by atoms with van der Waals surface area (Å²) in [6.45, 7) is 6.06. The lowest BCUT2D eigenvalue weighted by atomic mass is 10.1. The maximum absolute atomic E-state index is 11.9. The van der Waals surface area contributed by atoms with Crippen molar-refractivity contribution in [2.45, 2.75) is 26.4 Å². The Hall–Kier alpha value is -1.75. The highest BCUT2D eigenvalue weighted by molar-refractivity contribution is 5.89. The molecule has 5 nitrogen and oxygen atoms in total. The summed E-state index contributed by atoms with van der Waals surface area (Å²) in [4.78, 5) is 13.4. The second-order valence-electron chi connectivity index (χ2n) is 5.06. The molecule has 0 aromatic heterocycles. The lowest BCUT2D eigenvalue weighted by molar-refractivity contribution is 0.0550. The van der Waals surface area contributed by atoms with E-state index >= 15 is 0 Å². The Morgan fingerprint density at radius 2 is 2.16 bits per heavy atom. The third-order valence-corrected chi connectivity index (χ3v) is 2.37. The van der Waals surface area contributed by atoms with Crippen LogP contribution in [0.1, 0.15) is 20.8 Å². The number of aliphatic hydroxyl groups is 1. The van der Waals surface area contributed by atoms with Gasteiger partial charge in [0.25, 0.3) is 0 Å². The van der Waals surface area contributed by atoms with Gasteiger partial charge >= 0.3 is 6.03 Å². The highest BCUT2D eigenvalue weighted by Crippen LogP contribution is 2.17. The minimum absolute atomic E-state index is 0.254. The SMILES string of the molecule is CCOc1cccc(NC(=O)N(C)CC(C)(C)O)c1. The molecule has 0 aliphatic heterocycles. The van der Waals surface area contributed by atoms with Gasteiger partial charge in [-0.1, -0.05) is 6.07 Å². The Morgan fingerprint density at radius 3 is 2.74 bits per heavy atom. The predicted molar refractivity (Wildman–Crippen MR) is 75.6 cm³/mol. The molecule has 5 heteroatoms. The van der Waals surface area contributed by atoms with Crippen molar-refractivity contribution >= 4 is 11.7 Å². The van der Waals surface area contributed by atoms with Crippen LogP contribution >= 0.6 is 0 Å². The smallest absolute Gasteiger partial charge is 0.321 e. The molecule has 0 saturated carbocycles. The average Bonchev–Trinajstić information content (AvgIpc) is 2.27. The molecule has 2 amide bonds. The number of urea groups is 1. The number of anilines is 1. The van der Waals surface area contributed by atoms with E-state index in [1.807, 2.05) is 19.1 Å². The number of nitrogens with zero attached hydrogens (tertiary/aromatic N) is 1. The summed E-state index contributed by atoms with van der Waals surface area (Å²) in [5.41, 5.74) is -0.252. The lowest BCUT2D eigenvalue weighted by Gasteiger charge is -2.25. The largest absolute Gasteiger partial charge is 0.494 e. The van der Waals surface area contributed by atoms with E-state index in [0.29, 0.717) is 18.0 Å². The molecular weight excluding hydrogens is 244 g/mol. The molecule has 0 aliphatic carbocycles. The molecule has 0 unspecified atom stereocenters. The second kappa shape index (κ2) is 6.43. The number of benzene rings is 1. The van der Waals surface area contributed by atoms with E-state index in [4.69, 9.17) is 4.74 Å². The molecule has 0 heterocycles. The van der Waals surface area contributed by atoms with Crippen molar-refractivity contribution in [1.29, 1.82) is 0 Å². The molecule has 0 spiro atoms. The van der Waals surface area contributed by atoms with Gasteiger partial charge in [-0.2, -0.15) is 0 Å². The molecular formula is C14H22N2O3. The van der Waals surface area contributed by atoms with Crippen LogP contribution in [-0.2, 0) is 0 Å². The fraction of sp³-hybridized carbons (Fsp3) is 0.500. The standard InChI is InChI=1S/C14H22N2O3/c1-5-19-12-8-6-7-11(9-12)15-13(17)16(4)10-14(2,3)18/h6-9,18H,5,10H2,1-4H3,(H,15,17). The zero-order valence-corrected chi connectivity index (χ0v) is 11.9. The Morgan fingerprint density at radius 1 is 1.47 bits per heavy atom. The first-order valence-electron chi connectivity index (χ1n) is 6.29. The van der Waals surface area contributed by atoms with Gasteiger partial charge in [-0.3, -0.25) is 0 Å². The first-order valence-corrected chi connectivity index (χ1v) is 6.29. The van der Waals surface area contributed by atoms with Gasteiger partial charge in [0.05, 0.1) is 18.8 Å². The van der Waals surface area contributed by atoms with Crippen molar-refractivity contribution in [1.82, 2.24) is 4.90 Å². The summed E-state index contributed by atoms with van der Waals surface area (Å²) >= 11 is 0. The van der Waals surface area contributed by atoms with E-state index in [1.165, 1.54) is 4.90 Å². The number of hydrogen-bond donors (Lipinski definition) is 2. The summed E-state index contributed by atoms with van der Waals surface area (Å²) in [5, 5.41) is 12.4. The van der Waals surface area contributed by atoms with Crippen molar-refractivity contribution < 1.29 is 14.6 Å². The molecule has 0 saturated heterocycles. The van der Waals surface area contributed by atoms with Crippen molar-refractivity contribution in [3.8, 4) is 5.75 Å². The van der Waals surface area contributed by atoms with Gasteiger partial charge in [0, 0.05) is 18.8 Å². The maximum atomic E-state index is 11.9. The summed E-state index contributed by atoms with van der Waals surface area (Å²) in [6.07, 6.45) is 0. The van der Waals surface area contributed by atoms with Gasteiger partial charge in [0.1, 0.15) is 5.75 Å². The Bertz CT molecular complexity index is 427. The van der Waals surface area contributed by atoms with Crippen molar-refractivity contribution in [2.24, 2.45) is 0 Å². The van der Waals surface area contributed by atoms with Gasteiger partial charge in [-0.15, -0.1) is 0 Å². The quantitative estimate of drug-likeness (QED) is 0.859. The zero-order valence-electron chi connectivity index (χ0n) is 11.9. The molecule has 19 heavy (non-hydrogen) atoms. The van der Waals surface area contributed by atoms with E-state index in [1.54, 1.807) is 33.0 Å². The lowest BCUT2D eigenvalue weighted by Crippen LogP contribution is -2.41. The van der Waals surface area contributed by atoms with Crippen molar-refractivity contribution in [3.63, 3.8) is 0 Å². The van der Waals surface area contributed by atoms with Crippen molar-refractivity contribution in [2.75, 3.05) is 25.5 Å². The van der Waals surface area contributed by atoms with Crippen LogP contribution in [0.4, 0.5) is 10.5 Å². The van der Waals surface area contributed by atoms with E-state index in [2.05, 4.69) is 5.32 Å². The van der Waals surface area contributed by atoms with E-state index in [0.717, 1.165) is 0 Å². The number of likely N-dealkylation sites (N-methyl/N-ethyl adjacent to an activating group) is 1. The van der Waals surface area contributed by atoms with E-state index in [9.17, 15) is 9.90 Å². The number of amides is 2. The Kier molecular flexibility index (Phi) is 5.18. The van der Waals surface area contributed by atoms with Crippen LogP contribution in [0.5, 0.6) is 5.75 Å². The first-order chi connectivity index (χ1) is 8.81. The summed E-state index contributed by atoms with van der Waals surface area (Å²) in [5.74, 6) is 0.713. The van der Waals surface area contributed by atoms with Crippen LogP contribution in [0, 0.1) is 0 Å². The zero-order chi connectivity index (χ0) is 14.5. The Labute approximate surface area is 114 Å². The van der Waals surface area contributed by atoms with Crippen molar-refractivity contribution in [3.05, 3.63) is 24.3 Å². The maximum Gasteiger partial charge on any atom is 0.321 e. The molecule has 1 aromatic carbocycles. The summed E-state index contributed by atoms with van der Waals surface area (Å²) in [6, 6.07) is 6.93. The fourth-order valence-corrected chi connectivity index (χ4v) is 1.70. The number of rotatable bonds is 5. The number of nitrogens with one attached hydrogen (secondary N) is 1. The molecule has 0 bridgehead atoms.